The first-order valence-corrected chi connectivity index (χ1v) is 11.3. The number of carbonyl (C=O) groups excluding carboxylic acids is 2. The molecule has 1 atom stereocenters. The number of hydrogen-bond acceptors (Lipinski definition) is 6. The molecule has 0 spiro atoms. The van der Waals surface area contributed by atoms with Crippen LogP contribution in [0.25, 0.3) is 5.76 Å². The highest BCUT2D eigenvalue weighted by Gasteiger charge is 2.44. The highest BCUT2D eigenvalue weighted by Crippen LogP contribution is 2.39. The third-order valence-electron chi connectivity index (χ3n) is 5.94. The molecule has 2 aliphatic rings. The Morgan fingerprint density at radius 1 is 1.15 bits per heavy atom. The fourth-order valence-corrected chi connectivity index (χ4v) is 4.47. The number of nitro benzene ring substituents is 1. The summed E-state index contributed by atoms with van der Waals surface area (Å²) in [7, 11) is 0. The number of amides is 1. The van der Waals surface area contributed by atoms with E-state index >= 15 is 0 Å². The number of carbonyl (C=O) groups is 2. The summed E-state index contributed by atoms with van der Waals surface area (Å²) in [5, 5.41) is 24.7. The van der Waals surface area contributed by atoms with E-state index in [0.29, 0.717) is 25.3 Å². The number of ether oxygens (including phenoxy) is 1. The van der Waals surface area contributed by atoms with Crippen LogP contribution in [-0.2, 0) is 14.3 Å². The van der Waals surface area contributed by atoms with Gasteiger partial charge in [0, 0.05) is 22.2 Å². The number of nitrogens with zero attached hydrogens (tertiary/aromatic N) is 2. The largest absolute Gasteiger partial charge is 0.872 e. The molecule has 172 valence electrons. The Hall–Kier alpha value is -3.08. The van der Waals surface area contributed by atoms with Crippen LogP contribution in [0.5, 0.6) is 0 Å². The number of hydrogen-bond donors (Lipinski definition) is 1. The first-order chi connectivity index (χ1) is 15.9. The average molecular weight is 516 g/mol. The van der Waals surface area contributed by atoms with Crippen molar-refractivity contribution in [3.63, 3.8) is 0 Å². The molecule has 0 saturated carbocycles. The molecule has 9 nitrogen and oxygen atoms in total. The van der Waals surface area contributed by atoms with Gasteiger partial charge in [-0.15, -0.1) is 0 Å². The third kappa shape index (κ3) is 4.82. The minimum atomic E-state index is -0.985. The van der Waals surface area contributed by atoms with E-state index in [1.54, 1.807) is 30.3 Å². The summed E-state index contributed by atoms with van der Waals surface area (Å²) in [4.78, 5) is 39.4. The molecule has 2 heterocycles. The van der Waals surface area contributed by atoms with Crippen molar-refractivity contribution in [1.82, 2.24) is 4.90 Å². The summed E-state index contributed by atoms with van der Waals surface area (Å²) in [6, 6.07) is 11.3. The van der Waals surface area contributed by atoms with E-state index in [0.717, 1.165) is 17.6 Å². The number of morpholine rings is 1. The van der Waals surface area contributed by atoms with Crippen LogP contribution in [0.2, 0.25) is 0 Å². The summed E-state index contributed by atoms with van der Waals surface area (Å²) in [5.41, 5.74) is 0.277. The minimum absolute atomic E-state index is 0.173. The number of nitro groups is 1. The number of Topliss-reactive ketones (excluding diaryl/α,β-unsaturated/α-hetero) is 1. The Kier molecular flexibility index (Phi) is 6.87. The van der Waals surface area contributed by atoms with Gasteiger partial charge in [-0.3, -0.25) is 19.7 Å². The van der Waals surface area contributed by atoms with Crippen molar-refractivity contribution in [2.75, 3.05) is 39.4 Å². The Morgan fingerprint density at radius 2 is 1.85 bits per heavy atom. The molecule has 0 radical (unpaired) electrons. The van der Waals surface area contributed by atoms with Crippen LogP contribution in [0, 0.1) is 10.1 Å². The lowest BCUT2D eigenvalue weighted by atomic mass is 9.95. The van der Waals surface area contributed by atoms with Gasteiger partial charge in [-0.25, -0.2) is 0 Å². The molecule has 0 aromatic heterocycles. The summed E-state index contributed by atoms with van der Waals surface area (Å²) in [5.74, 6) is -2.19. The maximum absolute atomic E-state index is 13.4. The molecule has 1 N–H and O–H groups in total. The molecule has 33 heavy (non-hydrogen) atoms. The molecule has 4 rings (SSSR count). The zero-order chi connectivity index (χ0) is 23.5. The molecule has 10 heteroatoms. The molecule has 2 aliphatic heterocycles. The van der Waals surface area contributed by atoms with E-state index in [-0.39, 0.29) is 23.4 Å². The molecule has 2 aromatic carbocycles. The first kappa shape index (κ1) is 23.1. The number of halogens is 1. The van der Waals surface area contributed by atoms with E-state index in [9.17, 15) is 24.8 Å². The number of rotatable bonds is 6. The van der Waals surface area contributed by atoms with Crippen LogP contribution in [0.1, 0.15) is 17.2 Å². The molecule has 2 aromatic rings. The first-order valence-electron chi connectivity index (χ1n) is 10.5. The van der Waals surface area contributed by atoms with Gasteiger partial charge >= 0.3 is 0 Å². The lowest BCUT2D eigenvalue weighted by Gasteiger charge is -2.30. The van der Waals surface area contributed by atoms with Crippen LogP contribution >= 0.6 is 15.9 Å². The summed E-state index contributed by atoms with van der Waals surface area (Å²) >= 11 is 3.31. The number of non-ortho nitro benzene ring substituents is 1. The Balaban J connectivity index is 1.77. The number of nitrogens with one attached hydrogen (secondary N) is 1. The standard InChI is InChI=1S/C23H22BrN3O6/c24-17-6-4-15(5-7-17)21(28)19-20(16-2-1-3-18(14-16)27(31)32)26(23(30)22(19)29)9-8-25-10-12-33-13-11-25/h1-7,14,20,28H,8-13H2/b21-19+. The summed E-state index contributed by atoms with van der Waals surface area (Å²) in [6.45, 7) is 3.63. The minimum Gasteiger partial charge on any atom is -0.872 e. The molecule has 1 amide bonds. The van der Waals surface area contributed by atoms with Gasteiger partial charge in [-0.2, -0.15) is 0 Å². The van der Waals surface area contributed by atoms with Crippen molar-refractivity contribution in [2.45, 2.75) is 6.04 Å². The maximum Gasteiger partial charge on any atom is 0.295 e. The van der Waals surface area contributed by atoms with Crippen LogP contribution in [0.3, 0.4) is 0 Å². The van der Waals surface area contributed by atoms with Crippen LogP contribution < -0.4 is 10.0 Å². The van der Waals surface area contributed by atoms with E-state index in [4.69, 9.17) is 4.74 Å². The second-order valence-corrected chi connectivity index (χ2v) is 8.86. The van der Waals surface area contributed by atoms with E-state index in [1.807, 2.05) is 0 Å². The van der Waals surface area contributed by atoms with Gasteiger partial charge in [-0.1, -0.05) is 46.0 Å². The molecule has 1 unspecified atom stereocenters. The third-order valence-corrected chi connectivity index (χ3v) is 6.47. The van der Waals surface area contributed by atoms with E-state index in [2.05, 4.69) is 15.9 Å². The Bertz CT molecular complexity index is 1110. The van der Waals surface area contributed by atoms with Crippen LogP contribution in [0.15, 0.2) is 58.6 Å². The SMILES string of the molecule is O=C1C(=O)N(CC[NH+]2CCOCC2)C(c2cccc([N+](=O)[O-])c2)/C1=C(\[O-])c1ccc(Br)cc1. The predicted molar refractivity (Wildman–Crippen MR) is 120 cm³/mol. The fraction of sp³-hybridized carbons (Fsp3) is 0.304. The Labute approximate surface area is 198 Å². The van der Waals surface area contributed by atoms with E-state index in [1.165, 1.54) is 28.0 Å². The van der Waals surface area contributed by atoms with Gasteiger partial charge in [-0.05, 0) is 23.3 Å². The Morgan fingerprint density at radius 3 is 2.52 bits per heavy atom. The quantitative estimate of drug-likeness (QED) is 0.197. The second kappa shape index (κ2) is 9.82. The number of quaternary nitrogens is 1. The van der Waals surface area contributed by atoms with Gasteiger partial charge < -0.3 is 19.6 Å². The van der Waals surface area contributed by atoms with Gasteiger partial charge in [0.15, 0.2) is 0 Å². The van der Waals surface area contributed by atoms with Crippen LogP contribution in [0.4, 0.5) is 5.69 Å². The van der Waals surface area contributed by atoms with E-state index < -0.39 is 28.4 Å². The summed E-state index contributed by atoms with van der Waals surface area (Å²) < 4.78 is 6.14. The molecular weight excluding hydrogens is 494 g/mol. The van der Waals surface area contributed by atoms with Crippen molar-refractivity contribution in [3.8, 4) is 0 Å². The zero-order valence-electron chi connectivity index (χ0n) is 17.7. The van der Waals surface area contributed by atoms with Gasteiger partial charge in [0.25, 0.3) is 11.6 Å². The number of likely N-dealkylation sites (tertiary alicyclic amines) is 1. The van der Waals surface area contributed by atoms with Gasteiger partial charge in [0.05, 0.1) is 37.3 Å². The van der Waals surface area contributed by atoms with Crippen molar-refractivity contribution in [3.05, 3.63) is 79.8 Å². The van der Waals surface area contributed by atoms with Crippen molar-refractivity contribution < 1.29 is 29.3 Å². The smallest absolute Gasteiger partial charge is 0.295 e. The van der Waals surface area contributed by atoms with Crippen molar-refractivity contribution >= 4 is 39.1 Å². The monoisotopic (exact) mass is 515 g/mol. The zero-order valence-corrected chi connectivity index (χ0v) is 19.2. The van der Waals surface area contributed by atoms with Gasteiger partial charge in [0.1, 0.15) is 13.1 Å². The molecular formula is C23H22BrN3O6. The maximum atomic E-state index is 13.4. The van der Waals surface area contributed by atoms with Crippen molar-refractivity contribution in [1.29, 1.82) is 0 Å². The highest BCUT2D eigenvalue weighted by atomic mass is 79.9. The second-order valence-electron chi connectivity index (χ2n) is 7.94. The molecule has 0 bridgehead atoms. The number of benzene rings is 2. The fourth-order valence-electron chi connectivity index (χ4n) is 4.20. The molecule has 2 fully saturated rings. The normalized spacial score (nSPS) is 20.9. The predicted octanol–water partition coefficient (Wildman–Crippen LogP) is 0.496. The van der Waals surface area contributed by atoms with Gasteiger partial charge in [0.2, 0.25) is 5.78 Å². The molecule has 0 aliphatic carbocycles. The topological polar surface area (TPSA) is 117 Å². The number of ketones is 1. The summed E-state index contributed by atoms with van der Waals surface area (Å²) in [6.07, 6.45) is 0. The lowest BCUT2D eigenvalue weighted by Crippen LogP contribution is -3.14. The average Bonchev–Trinajstić information content (AvgIpc) is 3.08. The molecule has 2 saturated heterocycles. The lowest BCUT2D eigenvalue weighted by molar-refractivity contribution is -0.907. The van der Waals surface area contributed by atoms with Crippen molar-refractivity contribution in [2.24, 2.45) is 0 Å². The van der Waals surface area contributed by atoms with Crippen LogP contribution in [-0.4, -0.2) is 60.9 Å². The highest BCUT2D eigenvalue weighted by molar-refractivity contribution is 9.10.